The van der Waals surface area contributed by atoms with Gasteiger partial charge in [-0.2, -0.15) is 0 Å². The van der Waals surface area contributed by atoms with E-state index in [2.05, 4.69) is 20.2 Å². The Hall–Kier alpha value is -2.24. The Morgan fingerprint density at radius 2 is 2.29 bits per heavy atom. The summed E-state index contributed by atoms with van der Waals surface area (Å²) in [6, 6.07) is 4.17. The van der Waals surface area contributed by atoms with Crippen LogP contribution in [0.25, 0.3) is 0 Å². The molecular formula is C15H19N5O. The van der Waals surface area contributed by atoms with Gasteiger partial charge in [0, 0.05) is 30.9 Å². The van der Waals surface area contributed by atoms with Crippen LogP contribution in [-0.4, -0.2) is 37.0 Å². The van der Waals surface area contributed by atoms with Crippen molar-refractivity contribution in [1.29, 1.82) is 0 Å². The van der Waals surface area contributed by atoms with Gasteiger partial charge >= 0.3 is 0 Å². The molecule has 0 spiro atoms. The first-order chi connectivity index (χ1) is 10.1. The maximum absolute atomic E-state index is 12.6. The van der Waals surface area contributed by atoms with Crippen LogP contribution in [0.4, 0.5) is 0 Å². The number of rotatable bonds is 5. The van der Waals surface area contributed by atoms with Crippen LogP contribution < -0.4 is 0 Å². The van der Waals surface area contributed by atoms with Crippen molar-refractivity contribution >= 4 is 5.91 Å². The van der Waals surface area contributed by atoms with Gasteiger partial charge in [0.15, 0.2) is 0 Å². The van der Waals surface area contributed by atoms with Gasteiger partial charge in [0.25, 0.3) is 5.91 Å². The molecule has 1 aliphatic carbocycles. The minimum absolute atomic E-state index is 0.107. The van der Waals surface area contributed by atoms with Crippen LogP contribution in [0.15, 0.2) is 24.5 Å². The molecule has 1 aliphatic rings. The lowest BCUT2D eigenvalue weighted by Crippen LogP contribution is -2.33. The molecule has 0 radical (unpaired) electrons. The summed E-state index contributed by atoms with van der Waals surface area (Å²) in [6.45, 7) is 4.59. The Morgan fingerprint density at radius 1 is 1.48 bits per heavy atom. The van der Waals surface area contributed by atoms with E-state index in [0.717, 1.165) is 24.2 Å². The number of carbonyl (C=O) groups excluding carboxylic acids is 1. The van der Waals surface area contributed by atoms with Crippen LogP contribution in [0.1, 0.15) is 54.6 Å². The molecule has 6 nitrogen and oxygen atoms in total. The monoisotopic (exact) mass is 285 g/mol. The number of hydrogen-bond donors (Lipinski definition) is 1. The number of H-pyrrole nitrogens is 1. The van der Waals surface area contributed by atoms with Gasteiger partial charge in [-0.25, -0.2) is 4.98 Å². The fraction of sp³-hybridized carbons (Fsp3) is 0.467. The van der Waals surface area contributed by atoms with E-state index in [1.807, 2.05) is 30.9 Å². The molecule has 0 aliphatic heterocycles. The van der Waals surface area contributed by atoms with Crippen LogP contribution in [0.5, 0.6) is 0 Å². The molecule has 0 bridgehead atoms. The molecule has 0 saturated heterocycles. The average molecular weight is 285 g/mol. The minimum Gasteiger partial charge on any atom is -0.328 e. The molecular weight excluding hydrogens is 266 g/mol. The van der Waals surface area contributed by atoms with Crippen molar-refractivity contribution in [3.8, 4) is 0 Å². The number of nitrogens with zero attached hydrogens (tertiary/aromatic N) is 4. The van der Waals surface area contributed by atoms with Gasteiger partial charge in [0.2, 0.25) is 5.82 Å². The summed E-state index contributed by atoms with van der Waals surface area (Å²) in [5.74, 6) is 1.13. The third-order valence-electron chi connectivity index (χ3n) is 3.57. The van der Waals surface area contributed by atoms with E-state index in [0.29, 0.717) is 12.6 Å². The molecule has 1 N–H and O–H groups in total. The van der Waals surface area contributed by atoms with E-state index < -0.39 is 0 Å². The maximum atomic E-state index is 12.6. The average Bonchev–Trinajstić information content (AvgIpc) is 3.20. The molecule has 110 valence electrons. The van der Waals surface area contributed by atoms with E-state index in [-0.39, 0.29) is 17.6 Å². The van der Waals surface area contributed by atoms with Crippen molar-refractivity contribution in [2.24, 2.45) is 0 Å². The maximum Gasteiger partial charge on any atom is 0.294 e. The first kappa shape index (κ1) is 13.7. The zero-order valence-electron chi connectivity index (χ0n) is 12.3. The third kappa shape index (κ3) is 3.09. The van der Waals surface area contributed by atoms with E-state index >= 15 is 0 Å². The summed E-state index contributed by atoms with van der Waals surface area (Å²) in [7, 11) is 0. The molecule has 1 fully saturated rings. The fourth-order valence-electron chi connectivity index (χ4n) is 2.20. The van der Waals surface area contributed by atoms with Gasteiger partial charge < -0.3 is 4.90 Å². The smallest absolute Gasteiger partial charge is 0.294 e. The first-order valence-electron chi connectivity index (χ1n) is 7.27. The first-order valence-corrected chi connectivity index (χ1v) is 7.27. The van der Waals surface area contributed by atoms with Crippen LogP contribution in [-0.2, 0) is 6.54 Å². The highest BCUT2D eigenvalue weighted by atomic mass is 16.2. The second kappa shape index (κ2) is 5.63. The molecule has 1 amide bonds. The van der Waals surface area contributed by atoms with E-state index in [4.69, 9.17) is 0 Å². The number of pyridine rings is 1. The zero-order chi connectivity index (χ0) is 14.8. The number of nitrogens with one attached hydrogen (secondary N) is 1. The Morgan fingerprint density at radius 3 is 2.86 bits per heavy atom. The van der Waals surface area contributed by atoms with E-state index in [9.17, 15) is 4.79 Å². The summed E-state index contributed by atoms with van der Waals surface area (Å²) in [5.41, 5.74) is 1.03. The van der Waals surface area contributed by atoms with Crippen LogP contribution in [0.2, 0.25) is 0 Å². The number of aromatic amines is 1. The van der Waals surface area contributed by atoms with Crippen molar-refractivity contribution in [1.82, 2.24) is 25.1 Å². The second-order valence-electron chi connectivity index (χ2n) is 5.72. The van der Waals surface area contributed by atoms with Gasteiger partial charge in [-0.15, -0.1) is 5.10 Å². The largest absolute Gasteiger partial charge is 0.328 e. The Labute approximate surface area is 123 Å². The molecule has 0 unspecified atom stereocenters. The molecule has 3 rings (SSSR count). The molecule has 6 heteroatoms. The summed E-state index contributed by atoms with van der Waals surface area (Å²) in [6.07, 6.45) is 5.62. The molecule has 21 heavy (non-hydrogen) atoms. The molecule has 2 aromatic rings. The Bertz CT molecular complexity index is 618. The predicted octanol–water partition coefficient (Wildman–Crippen LogP) is 2.13. The van der Waals surface area contributed by atoms with Crippen LogP contribution in [0.3, 0.4) is 0 Å². The van der Waals surface area contributed by atoms with Crippen molar-refractivity contribution in [3.63, 3.8) is 0 Å². The highest BCUT2D eigenvalue weighted by molar-refractivity contribution is 5.90. The lowest BCUT2D eigenvalue weighted by Gasteiger charge is -2.20. The second-order valence-corrected chi connectivity index (χ2v) is 5.72. The van der Waals surface area contributed by atoms with Crippen molar-refractivity contribution in [2.45, 2.75) is 45.2 Å². The molecule has 0 atom stereocenters. The van der Waals surface area contributed by atoms with E-state index in [1.54, 1.807) is 12.4 Å². The van der Waals surface area contributed by atoms with Crippen molar-refractivity contribution in [3.05, 3.63) is 41.7 Å². The van der Waals surface area contributed by atoms with Crippen molar-refractivity contribution < 1.29 is 4.79 Å². The van der Waals surface area contributed by atoms with Crippen LogP contribution >= 0.6 is 0 Å². The highest BCUT2D eigenvalue weighted by Crippen LogP contribution is 2.29. The van der Waals surface area contributed by atoms with Gasteiger partial charge in [0.1, 0.15) is 5.82 Å². The van der Waals surface area contributed by atoms with Gasteiger partial charge in [-0.1, -0.05) is 19.9 Å². The van der Waals surface area contributed by atoms with E-state index in [1.165, 1.54) is 0 Å². The van der Waals surface area contributed by atoms with Crippen LogP contribution in [0, 0.1) is 0 Å². The molecule has 0 aromatic carbocycles. The third-order valence-corrected chi connectivity index (χ3v) is 3.57. The zero-order valence-corrected chi connectivity index (χ0v) is 12.3. The fourth-order valence-corrected chi connectivity index (χ4v) is 2.20. The summed E-state index contributed by atoms with van der Waals surface area (Å²) in [5, 5.41) is 6.91. The number of amides is 1. The lowest BCUT2D eigenvalue weighted by molar-refractivity contribution is 0.0717. The standard InChI is InChI=1S/C15H19N5O/c1-10(2)13-17-14(19-18-13)15(21)20(12-5-6-12)9-11-4-3-7-16-8-11/h3-4,7-8,10,12H,5-6,9H2,1-2H3,(H,17,18,19). The highest BCUT2D eigenvalue weighted by Gasteiger charge is 2.34. The number of hydrogen-bond acceptors (Lipinski definition) is 4. The van der Waals surface area contributed by atoms with Gasteiger partial charge in [-0.3, -0.25) is 14.9 Å². The Kier molecular flexibility index (Phi) is 3.68. The van der Waals surface area contributed by atoms with Gasteiger partial charge in [0.05, 0.1) is 0 Å². The summed E-state index contributed by atoms with van der Waals surface area (Å²) in [4.78, 5) is 22.9. The quantitative estimate of drug-likeness (QED) is 0.913. The number of carbonyl (C=O) groups is 1. The molecule has 1 saturated carbocycles. The minimum atomic E-state index is -0.107. The lowest BCUT2D eigenvalue weighted by atomic mass is 10.2. The predicted molar refractivity (Wildman–Crippen MR) is 77.6 cm³/mol. The van der Waals surface area contributed by atoms with Crippen molar-refractivity contribution in [2.75, 3.05) is 0 Å². The molecule has 2 heterocycles. The topological polar surface area (TPSA) is 74.8 Å². The number of aromatic nitrogens is 4. The summed E-state index contributed by atoms with van der Waals surface area (Å²) >= 11 is 0. The SMILES string of the molecule is CC(C)c1nc(C(=O)N(Cc2cccnc2)C2CC2)n[nH]1. The normalized spacial score (nSPS) is 14.4. The Balaban J connectivity index is 1.78. The molecule has 2 aromatic heterocycles. The van der Waals surface area contributed by atoms with Gasteiger partial charge in [-0.05, 0) is 24.5 Å². The summed E-state index contributed by atoms with van der Waals surface area (Å²) < 4.78 is 0.